The minimum absolute atomic E-state index is 0.0262. The van der Waals surface area contributed by atoms with E-state index in [2.05, 4.69) is 15.3 Å². The van der Waals surface area contributed by atoms with Crippen molar-refractivity contribution in [2.24, 2.45) is 0 Å². The number of halogens is 2. The molecule has 6 nitrogen and oxygen atoms in total. The molecule has 2 rings (SSSR count). The molecule has 1 aromatic heterocycles. The van der Waals surface area contributed by atoms with E-state index >= 15 is 0 Å². The molecule has 0 saturated carbocycles. The third-order valence-electron chi connectivity index (χ3n) is 2.78. The SMILES string of the molecule is COc1ncc(NC(=O)c2ccc(F)cc2Cl)c(N(C)C)n1. The van der Waals surface area contributed by atoms with E-state index in [0.717, 1.165) is 12.1 Å². The minimum Gasteiger partial charge on any atom is -0.467 e. The second kappa shape index (κ2) is 6.57. The van der Waals surface area contributed by atoms with Gasteiger partial charge in [-0.15, -0.1) is 0 Å². The Morgan fingerprint density at radius 2 is 2.14 bits per heavy atom. The van der Waals surface area contributed by atoms with Crippen molar-refractivity contribution in [3.8, 4) is 6.01 Å². The molecule has 116 valence electrons. The highest BCUT2D eigenvalue weighted by molar-refractivity contribution is 6.34. The minimum atomic E-state index is -0.511. The number of nitrogens with zero attached hydrogens (tertiary/aromatic N) is 3. The van der Waals surface area contributed by atoms with Crippen LogP contribution in [0.5, 0.6) is 6.01 Å². The average Bonchev–Trinajstić information content (AvgIpc) is 2.47. The number of nitrogens with one attached hydrogen (secondary N) is 1. The summed E-state index contributed by atoms with van der Waals surface area (Å²) in [6, 6.07) is 3.74. The summed E-state index contributed by atoms with van der Waals surface area (Å²) in [5, 5.41) is 2.68. The molecule has 0 radical (unpaired) electrons. The van der Waals surface area contributed by atoms with Crippen molar-refractivity contribution in [1.82, 2.24) is 9.97 Å². The Labute approximate surface area is 131 Å². The molecule has 2 aromatic rings. The highest BCUT2D eigenvalue weighted by Gasteiger charge is 2.16. The Morgan fingerprint density at radius 3 is 2.73 bits per heavy atom. The van der Waals surface area contributed by atoms with Gasteiger partial charge in [0.15, 0.2) is 5.82 Å². The number of hydrogen-bond donors (Lipinski definition) is 1. The van der Waals surface area contributed by atoms with Crippen LogP contribution in [0.1, 0.15) is 10.4 Å². The number of rotatable bonds is 4. The molecule has 22 heavy (non-hydrogen) atoms. The van der Waals surface area contributed by atoms with E-state index in [1.165, 1.54) is 19.4 Å². The van der Waals surface area contributed by atoms with Crippen molar-refractivity contribution in [2.75, 3.05) is 31.4 Å². The predicted octanol–water partition coefficient (Wildman–Crippen LogP) is 2.60. The number of amides is 1. The first-order valence-electron chi connectivity index (χ1n) is 6.27. The predicted molar refractivity (Wildman–Crippen MR) is 82.3 cm³/mol. The fourth-order valence-electron chi connectivity index (χ4n) is 1.75. The summed E-state index contributed by atoms with van der Waals surface area (Å²) < 4.78 is 18.0. The van der Waals surface area contributed by atoms with E-state index in [9.17, 15) is 9.18 Å². The van der Waals surface area contributed by atoms with Gasteiger partial charge in [-0.1, -0.05) is 11.6 Å². The van der Waals surface area contributed by atoms with Crippen LogP contribution < -0.4 is 15.0 Å². The quantitative estimate of drug-likeness (QED) is 0.936. The van der Waals surface area contributed by atoms with Crippen LogP contribution in [0, 0.1) is 5.82 Å². The second-order valence-electron chi connectivity index (χ2n) is 4.57. The third kappa shape index (κ3) is 3.43. The molecule has 8 heteroatoms. The lowest BCUT2D eigenvalue weighted by Gasteiger charge is -2.17. The Hall–Kier alpha value is -2.41. The number of aromatic nitrogens is 2. The van der Waals surface area contributed by atoms with Crippen molar-refractivity contribution in [3.63, 3.8) is 0 Å². The highest BCUT2D eigenvalue weighted by Crippen LogP contribution is 2.25. The molecule has 1 N–H and O–H groups in total. The van der Waals surface area contributed by atoms with Crippen molar-refractivity contribution in [2.45, 2.75) is 0 Å². The van der Waals surface area contributed by atoms with Gasteiger partial charge in [0.25, 0.3) is 5.91 Å². The first kappa shape index (κ1) is 16.0. The van der Waals surface area contributed by atoms with Crippen molar-refractivity contribution >= 4 is 29.0 Å². The summed E-state index contributed by atoms with van der Waals surface area (Å²) in [6.45, 7) is 0. The average molecular weight is 325 g/mol. The maximum Gasteiger partial charge on any atom is 0.318 e. The number of ether oxygens (including phenoxy) is 1. The lowest BCUT2D eigenvalue weighted by atomic mass is 10.2. The number of methoxy groups -OCH3 is 1. The van der Waals surface area contributed by atoms with Gasteiger partial charge in [-0.2, -0.15) is 4.98 Å². The Balaban J connectivity index is 2.31. The lowest BCUT2D eigenvalue weighted by molar-refractivity contribution is 0.102. The van der Waals surface area contributed by atoms with Crippen LogP contribution in [0.2, 0.25) is 5.02 Å². The number of benzene rings is 1. The topological polar surface area (TPSA) is 67.3 Å². The van der Waals surface area contributed by atoms with E-state index in [4.69, 9.17) is 16.3 Å². The van der Waals surface area contributed by atoms with Gasteiger partial charge in [0.2, 0.25) is 0 Å². The monoisotopic (exact) mass is 324 g/mol. The lowest BCUT2D eigenvalue weighted by Crippen LogP contribution is -2.19. The van der Waals surface area contributed by atoms with Crippen molar-refractivity contribution < 1.29 is 13.9 Å². The van der Waals surface area contributed by atoms with E-state index < -0.39 is 11.7 Å². The zero-order chi connectivity index (χ0) is 16.3. The molecule has 0 bridgehead atoms. The van der Waals surface area contributed by atoms with Gasteiger partial charge < -0.3 is 15.0 Å². The van der Waals surface area contributed by atoms with E-state index in [1.807, 2.05) is 0 Å². The number of anilines is 2. The number of hydrogen-bond acceptors (Lipinski definition) is 5. The van der Waals surface area contributed by atoms with Crippen LogP contribution in [0.3, 0.4) is 0 Å². The molecule has 0 fully saturated rings. The van der Waals surface area contributed by atoms with Crippen LogP contribution in [-0.2, 0) is 0 Å². The van der Waals surface area contributed by atoms with Gasteiger partial charge in [-0.05, 0) is 18.2 Å². The molecular weight excluding hydrogens is 311 g/mol. The standard InChI is InChI=1S/C14H14ClFN4O2/c1-20(2)12-11(7-17-14(19-12)22-3)18-13(21)9-5-4-8(16)6-10(9)15/h4-7H,1-3H3,(H,18,21). The molecule has 1 aromatic carbocycles. The molecule has 1 amide bonds. The largest absolute Gasteiger partial charge is 0.467 e. The molecule has 0 spiro atoms. The smallest absolute Gasteiger partial charge is 0.318 e. The van der Waals surface area contributed by atoms with Gasteiger partial charge in [0, 0.05) is 14.1 Å². The summed E-state index contributed by atoms with van der Waals surface area (Å²) in [4.78, 5) is 22.1. The van der Waals surface area contributed by atoms with Gasteiger partial charge in [0.1, 0.15) is 11.5 Å². The van der Waals surface area contributed by atoms with Crippen molar-refractivity contribution in [3.05, 3.63) is 40.8 Å². The maximum absolute atomic E-state index is 13.0. The van der Waals surface area contributed by atoms with Gasteiger partial charge in [-0.3, -0.25) is 4.79 Å². The van der Waals surface area contributed by atoms with Gasteiger partial charge in [-0.25, -0.2) is 9.37 Å². The molecule has 0 atom stereocenters. The third-order valence-corrected chi connectivity index (χ3v) is 3.09. The van der Waals surface area contributed by atoms with Crippen LogP contribution >= 0.6 is 11.6 Å². The highest BCUT2D eigenvalue weighted by atomic mass is 35.5. The fourth-order valence-corrected chi connectivity index (χ4v) is 2.00. The Bertz CT molecular complexity index is 709. The van der Waals surface area contributed by atoms with Crippen LogP contribution in [0.25, 0.3) is 0 Å². The number of carbonyl (C=O) groups is 1. The first-order valence-corrected chi connectivity index (χ1v) is 6.65. The summed E-state index contributed by atoms with van der Waals surface area (Å²) in [6.07, 6.45) is 1.43. The fraction of sp³-hybridized carbons (Fsp3) is 0.214. The molecule has 0 unspecified atom stereocenters. The van der Waals surface area contributed by atoms with Crippen LogP contribution in [0.15, 0.2) is 24.4 Å². The van der Waals surface area contributed by atoms with E-state index in [0.29, 0.717) is 11.5 Å². The normalized spacial score (nSPS) is 10.2. The van der Waals surface area contributed by atoms with Crippen molar-refractivity contribution in [1.29, 1.82) is 0 Å². The molecule has 0 aliphatic carbocycles. The molecule has 0 aliphatic heterocycles. The van der Waals surface area contributed by atoms with Crippen LogP contribution in [-0.4, -0.2) is 37.1 Å². The zero-order valence-corrected chi connectivity index (χ0v) is 13.0. The maximum atomic E-state index is 13.0. The summed E-state index contributed by atoms with van der Waals surface area (Å²) in [5.74, 6) is -0.524. The van der Waals surface area contributed by atoms with Crippen LogP contribution in [0.4, 0.5) is 15.9 Å². The Kier molecular flexibility index (Phi) is 4.77. The second-order valence-corrected chi connectivity index (χ2v) is 4.97. The van der Waals surface area contributed by atoms with E-state index in [1.54, 1.807) is 19.0 Å². The molecule has 0 saturated heterocycles. The summed E-state index contributed by atoms with van der Waals surface area (Å²) in [5.41, 5.74) is 0.541. The number of carbonyl (C=O) groups excluding carboxylic acids is 1. The molecule has 0 aliphatic rings. The van der Waals surface area contributed by atoms with Gasteiger partial charge in [0.05, 0.1) is 23.9 Å². The molecular formula is C14H14ClFN4O2. The van der Waals surface area contributed by atoms with Gasteiger partial charge >= 0.3 is 6.01 Å². The zero-order valence-electron chi connectivity index (χ0n) is 12.2. The summed E-state index contributed by atoms with van der Waals surface area (Å²) in [7, 11) is 4.98. The van der Waals surface area contributed by atoms with E-state index in [-0.39, 0.29) is 16.6 Å². The Morgan fingerprint density at radius 1 is 1.41 bits per heavy atom. The first-order chi connectivity index (χ1) is 10.4. The summed E-state index contributed by atoms with van der Waals surface area (Å²) >= 11 is 5.88. The molecule has 1 heterocycles.